The van der Waals surface area contributed by atoms with E-state index in [0.717, 1.165) is 0 Å². The van der Waals surface area contributed by atoms with Gasteiger partial charge in [-0.3, -0.25) is 14.4 Å². The van der Waals surface area contributed by atoms with Crippen LogP contribution in [0.2, 0.25) is 0 Å². The second-order valence-corrected chi connectivity index (χ2v) is 31.6. The van der Waals surface area contributed by atoms with Crippen molar-refractivity contribution in [3.8, 4) is 0 Å². The van der Waals surface area contributed by atoms with Gasteiger partial charge in [0.05, 0.1) is 111 Å². The van der Waals surface area contributed by atoms with Crippen molar-refractivity contribution in [1.82, 2.24) is 0 Å². The second kappa shape index (κ2) is 31.5. The number of fused-ring (bicyclic) bond motifs is 12. The van der Waals surface area contributed by atoms with Crippen molar-refractivity contribution in [3.63, 3.8) is 0 Å². The van der Waals surface area contributed by atoms with Crippen molar-refractivity contribution in [2.24, 2.45) is 21.7 Å². The molecule has 0 aromatic heterocycles. The van der Waals surface area contributed by atoms with Gasteiger partial charge in [-0.15, -0.1) is 0 Å². The third kappa shape index (κ3) is 17.7. The Bertz CT molecular complexity index is 3040. The van der Waals surface area contributed by atoms with Gasteiger partial charge in [-0.2, -0.15) is 0 Å². The van der Waals surface area contributed by atoms with E-state index >= 15 is 0 Å². The number of cyclic esters (lactones) is 2. The zero-order valence-electron chi connectivity index (χ0n) is 59.0. The number of aliphatic hydroxyl groups excluding tert-OH is 7. The van der Waals surface area contributed by atoms with E-state index in [2.05, 4.69) is 0 Å². The Morgan fingerprint density at radius 3 is 1.56 bits per heavy atom. The minimum absolute atomic E-state index is 0.00657. The lowest BCUT2D eigenvalue weighted by atomic mass is 9.64. The van der Waals surface area contributed by atoms with Crippen LogP contribution in [-0.2, 0) is 64.9 Å². The van der Waals surface area contributed by atoms with Gasteiger partial charge in [-0.25, -0.2) is 4.79 Å². The second-order valence-electron chi connectivity index (χ2n) is 31.1. The summed E-state index contributed by atoms with van der Waals surface area (Å²) in [7, 11) is 1.23. The van der Waals surface area contributed by atoms with Gasteiger partial charge < -0.3 is 102 Å². The van der Waals surface area contributed by atoms with Crippen LogP contribution in [0.3, 0.4) is 0 Å². The molecule has 11 N–H and O–H groups in total. The normalized spacial score (nSPS) is 44.6. The molecule has 12 bridgehead atoms. The third-order valence-electron chi connectivity index (χ3n) is 22.2. The van der Waals surface area contributed by atoms with Crippen LogP contribution in [0.4, 0.5) is 0 Å². The number of hydrogen-bond donors (Lipinski definition) is 11. The number of aliphatic hydroxyl groups is 11. The Morgan fingerprint density at radius 2 is 1.07 bits per heavy atom. The number of esters is 3. The number of ether oxygens (including phenoxy) is 9. The first kappa shape index (κ1) is 80.2. The number of ketones is 1. The number of methoxy groups -OCH3 is 1. The quantitative estimate of drug-likeness (QED) is 0.0476. The van der Waals surface area contributed by atoms with E-state index in [1.807, 2.05) is 6.08 Å². The molecule has 8 aliphatic heterocycles. The summed E-state index contributed by atoms with van der Waals surface area (Å²) in [5.74, 6) is -11.9. The van der Waals surface area contributed by atoms with Gasteiger partial charge in [0.15, 0.2) is 17.4 Å². The van der Waals surface area contributed by atoms with E-state index in [1.165, 1.54) is 40.0 Å². The largest absolute Gasteiger partial charge is 0.466 e. The third-order valence-corrected chi connectivity index (χ3v) is 22.7. The van der Waals surface area contributed by atoms with Crippen molar-refractivity contribution in [2.45, 2.75) is 325 Å². The van der Waals surface area contributed by atoms with E-state index < -0.39 is 185 Å². The fourth-order valence-corrected chi connectivity index (χ4v) is 16.5. The number of halogens is 1. The van der Waals surface area contributed by atoms with Crippen molar-refractivity contribution in [3.05, 3.63) is 70.4 Å². The highest BCUT2D eigenvalue weighted by Crippen LogP contribution is 2.55. The lowest BCUT2D eigenvalue weighted by Gasteiger charge is -2.55. The van der Waals surface area contributed by atoms with Crippen LogP contribution in [0.15, 0.2) is 70.4 Å². The fourth-order valence-electron chi connectivity index (χ4n) is 15.8. The molecule has 0 aromatic carbocycles. The molecule has 0 aliphatic carbocycles. The predicted molar refractivity (Wildman–Crippen MR) is 360 cm³/mol. The van der Waals surface area contributed by atoms with Crippen LogP contribution < -0.4 is 0 Å². The molecule has 8 aliphatic rings. The van der Waals surface area contributed by atoms with Crippen molar-refractivity contribution < 1.29 is 121 Å². The van der Waals surface area contributed by atoms with Crippen LogP contribution in [0, 0.1) is 21.7 Å². The number of hydrogen-bond acceptors (Lipinski definition) is 25. The molecule has 26 heteroatoms. The average Bonchev–Trinajstić information content (AvgIpc) is 0.943. The molecule has 0 spiro atoms. The molecule has 6 fully saturated rings. The van der Waals surface area contributed by atoms with Crippen LogP contribution in [0.25, 0.3) is 0 Å². The van der Waals surface area contributed by atoms with Gasteiger partial charge in [0, 0.05) is 73.7 Å². The highest BCUT2D eigenvalue weighted by Gasteiger charge is 2.62. The van der Waals surface area contributed by atoms with E-state index in [1.54, 1.807) is 110 Å². The number of carbonyl (C=O) groups excluding carboxylic acids is 4. The summed E-state index contributed by atoms with van der Waals surface area (Å²) < 4.78 is 62.5. The van der Waals surface area contributed by atoms with Crippen LogP contribution >= 0.6 is 23.0 Å². The molecule has 98 heavy (non-hydrogen) atoms. The fraction of sp³-hybridized carbons (Fsp3) is 0.778. The van der Waals surface area contributed by atoms with E-state index in [-0.39, 0.29) is 108 Å². The molecule has 25 nitrogen and oxygen atoms in total. The summed E-state index contributed by atoms with van der Waals surface area (Å²) in [4.78, 5) is 53.4. The lowest BCUT2D eigenvalue weighted by molar-refractivity contribution is -0.352. The molecule has 554 valence electrons. The number of carbonyl (C=O) groups is 4. The molecule has 23 atom stereocenters. The highest BCUT2D eigenvalue weighted by atomic mass is 127. The monoisotopic (exact) mass is 1500 g/mol. The molecular weight excluding hydrogens is 1390 g/mol. The predicted octanol–water partition coefficient (Wildman–Crippen LogP) is 5.73. The molecule has 0 radical (unpaired) electrons. The minimum Gasteiger partial charge on any atom is -0.466 e. The maximum absolute atomic E-state index is 13.9. The zero-order valence-corrected chi connectivity index (χ0v) is 61.1. The van der Waals surface area contributed by atoms with Crippen molar-refractivity contribution in [2.75, 3.05) is 7.11 Å². The Labute approximate surface area is 589 Å². The van der Waals surface area contributed by atoms with Gasteiger partial charge in [0.2, 0.25) is 11.6 Å². The van der Waals surface area contributed by atoms with Gasteiger partial charge in [0.1, 0.15) is 47.4 Å². The minimum atomic E-state index is -2.59. The summed E-state index contributed by atoms with van der Waals surface area (Å²) in [5.41, 5.74) is -3.52. The Hall–Kier alpha value is -3.47. The number of rotatable bonds is 7. The molecule has 23 unspecified atom stereocenters. The van der Waals surface area contributed by atoms with Crippen LogP contribution in [0.5, 0.6) is 0 Å². The van der Waals surface area contributed by atoms with Crippen LogP contribution in [-0.4, -0.2) is 220 Å². The van der Waals surface area contributed by atoms with Crippen molar-refractivity contribution in [1.29, 1.82) is 0 Å². The maximum Gasteiger partial charge on any atom is 0.330 e. The first-order valence-corrected chi connectivity index (χ1v) is 35.4. The molecule has 0 saturated carbocycles. The molecular formula is C72H109IO25. The lowest BCUT2D eigenvalue weighted by Crippen LogP contribution is -2.63. The van der Waals surface area contributed by atoms with E-state index in [0.29, 0.717) is 22.3 Å². The number of allylic oxidation sites excluding steroid dienone is 3. The molecule has 8 heterocycles. The van der Waals surface area contributed by atoms with Gasteiger partial charge in [-0.1, -0.05) is 95.6 Å². The summed E-state index contributed by atoms with van der Waals surface area (Å²) in [6.45, 7) is 19.2. The Morgan fingerprint density at radius 1 is 0.602 bits per heavy atom. The van der Waals surface area contributed by atoms with Gasteiger partial charge in [-0.05, 0) is 96.8 Å². The maximum atomic E-state index is 13.9. The van der Waals surface area contributed by atoms with E-state index in [4.69, 9.17) is 45.7 Å². The van der Waals surface area contributed by atoms with E-state index in [9.17, 15) is 75.3 Å². The molecule has 6 saturated heterocycles. The Kier molecular flexibility index (Phi) is 25.8. The zero-order chi connectivity index (χ0) is 72.6. The first-order chi connectivity index (χ1) is 45.5. The molecule has 0 aromatic rings. The highest BCUT2D eigenvalue weighted by molar-refractivity contribution is 14.1. The van der Waals surface area contributed by atoms with Crippen molar-refractivity contribution >= 4 is 46.7 Å². The van der Waals surface area contributed by atoms with Gasteiger partial charge >= 0.3 is 17.9 Å². The average molecular weight is 1500 g/mol. The standard InChI is InChI=1S/C72H109IO25/c1-14-44-25-49-31-56(40(4)75)92-61(82)29-46(78)27-51-34-59(80)68(12,70(86,95-51)37-54-22-42(19-39(3)74)20-47(91-54)16-18-66(8,9)72(88,97-49)64(44)98-73)35-38(2)55-30-52-32-57(41(5)76)93-62(83)28-45(77)26-50-33-58(79)67(10,11)69(85,94-50)36-53-23-43(24-60(81)89-13)21-48(90-53)15-17-65(6,7)71(87,96-52)63(55)84/h14-19,24,40-41,45-54,56-59,63-64,75-80,84-88H,20-23,25-37H2,1-13H3/b17-15+,18-16+,42-19+,43-24+,44-14+,55-38-. The Balaban J connectivity index is 1.21. The summed E-state index contributed by atoms with van der Waals surface area (Å²) in [5, 5.41) is 135. The first-order valence-electron chi connectivity index (χ1n) is 34.6. The topological polar surface area (TPSA) is 383 Å². The van der Waals surface area contributed by atoms with Gasteiger partial charge in [0.25, 0.3) is 0 Å². The summed E-state index contributed by atoms with van der Waals surface area (Å²) >= 11 is 1.72. The summed E-state index contributed by atoms with van der Waals surface area (Å²) in [6.07, 6.45) is -12.2. The molecule has 0 amide bonds. The molecule has 8 rings (SSSR count). The van der Waals surface area contributed by atoms with Crippen LogP contribution in [0.1, 0.15) is 192 Å². The summed E-state index contributed by atoms with van der Waals surface area (Å²) in [6, 6.07) is 0. The SMILES string of the molecule is C/C=C1\CC2CC(C(C)O)OC(=O)CC(O)CC3CC(O)C(C)(C/C(C)=C4/CC5CC(C(C)O)OC(=O)CC(O)CC6CC(O)C(C)(C)C(O)(CC7C/C(=C/C(=O)OC)CC(/C=C/C(C)(C)C(O)(O5)C4O)O7)O6)C(O)(CC4C/C(=C/C(C)=O)CC(/C=C/C(C)(C)C(O)(O2)C1OI)O4)O3. The smallest absolute Gasteiger partial charge is 0.330 e.